The molecule has 1 unspecified atom stereocenters. The van der Waals surface area contributed by atoms with Crippen LogP contribution in [-0.4, -0.2) is 38.5 Å². The van der Waals surface area contributed by atoms with Gasteiger partial charge >= 0.3 is 0 Å². The maximum atomic E-state index is 12.4. The SMILES string of the molecule is CN(c1ccc(-c2csc(NC(=O)CCC3Cc4ccccc4NC3=O)n2)cc1)S(C)(=O)=O. The molecule has 2 N–H and O–H groups in total. The van der Waals surface area contributed by atoms with Gasteiger partial charge in [-0.2, -0.15) is 0 Å². The highest BCUT2D eigenvalue weighted by Crippen LogP contribution is 2.29. The molecule has 10 heteroatoms. The molecular weight excluding hydrogens is 460 g/mol. The first kappa shape index (κ1) is 22.9. The summed E-state index contributed by atoms with van der Waals surface area (Å²) in [7, 11) is -1.83. The minimum atomic E-state index is -3.33. The van der Waals surface area contributed by atoms with Crippen LogP contribution in [0.3, 0.4) is 0 Å². The molecule has 2 aromatic carbocycles. The van der Waals surface area contributed by atoms with Crippen molar-refractivity contribution in [2.24, 2.45) is 5.92 Å². The van der Waals surface area contributed by atoms with Crippen LogP contribution in [0.5, 0.6) is 0 Å². The average Bonchev–Trinajstić information content (AvgIpc) is 3.25. The Hall–Kier alpha value is -3.24. The number of hydrogen-bond donors (Lipinski definition) is 2. The highest BCUT2D eigenvalue weighted by molar-refractivity contribution is 7.92. The molecule has 0 bridgehead atoms. The zero-order valence-electron chi connectivity index (χ0n) is 18.2. The Labute approximate surface area is 196 Å². The Bertz CT molecular complexity index is 1290. The lowest BCUT2D eigenvalue weighted by Crippen LogP contribution is -2.30. The second-order valence-corrected chi connectivity index (χ2v) is 10.8. The zero-order chi connectivity index (χ0) is 23.6. The third kappa shape index (κ3) is 5.40. The highest BCUT2D eigenvalue weighted by atomic mass is 32.2. The summed E-state index contributed by atoms with van der Waals surface area (Å²) in [6.07, 6.45) is 2.46. The van der Waals surface area contributed by atoms with Crippen LogP contribution < -0.4 is 14.9 Å². The Kier molecular flexibility index (Phi) is 6.48. The molecule has 0 radical (unpaired) electrons. The van der Waals surface area contributed by atoms with Gasteiger partial charge in [-0.05, 0) is 36.6 Å². The van der Waals surface area contributed by atoms with Gasteiger partial charge in [-0.1, -0.05) is 30.3 Å². The van der Waals surface area contributed by atoms with Crippen molar-refractivity contribution >= 4 is 49.7 Å². The molecule has 0 spiro atoms. The molecule has 8 nitrogen and oxygen atoms in total. The third-order valence-corrected chi connectivity index (χ3v) is 7.57. The number of benzene rings is 2. The molecule has 33 heavy (non-hydrogen) atoms. The van der Waals surface area contributed by atoms with E-state index < -0.39 is 10.0 Å². The number of nitrogens with one attached hydrogen (secondary N) is 2. The van der Waals surface area contributed by atoms with Crippen molar-refractivity contribution in [3.8, 4) is 11.3 Å². The number of fused-ring (bicyclic) bond motifs is 1. The van der Waals surface area contributed by atoms with Gasteiger partial charge in [0.05, 0.1) is 17.6 Å². The smallest absolute Gasteiger partial charge is 0.231 e. The Morgan fingerprint density at radius 1 is 1.21 bits per heavy atom. The van der Waals surface area contributed by atoms with Crippen LogP contribution in [0.25, 0.3) is 11.3 Å². The highest BCUT2D eigenvalue weighted by Gasteiger charge is 2.26. The number of rotatable bonds is 7. The number of aromatic nitrogens is 1. The Morgan fingerprint density at radius 3 is 2.67 bits per heavy atom. The predicted octanol–water partition coefficient (Wildman–Crippen LogP) is 3.74. The van der Waals surface area contributed by atoms with E-state index in [0.29, 0.717) is 29.4 Å². The lowest BCUT2D eigenvalue weighted by Gasteiger charge is -2.24. The molecule has 172 valence electrons. The van der Waals surface area contributed by atoms with Gasteiger partial charge in [0, 0.05) is 36.0 Å². The molecular formula is C23H24N4O4S2. The number of thiazole rings is 1. The Balaban J connectivity index is 1.33. The van der Waals surface area contributed by atoms with E-state index in [1.165, 1.54) is 22.7 Å². The topological polar surface area (TPSA) is 108 Å². The van der Waals surface area contributed by atoms with Gasteiger partial charge in [-0.15, -0.1) is 11.3 Å². The third-order valence-electron chi connectivity index (χ3n) is 5.61. The number of carbonyl (C=O) groups is 2. The maximum absolute atomic E-state index is 12.4. The first-order valence-electron chi connectivity index (χ1n) is 10.4. The predicted molar refractivity (Wildman–Crippen MR) is 131 cm³/mol. The van der Waals surface area contributed by atoms with Crippen LogP contribution >= 0.6 is 11.3 Å². The van der Waals surface area contributed by atoms with Crippen LogP contribution in [-0.2, 0) is 26.0 Å². The van der Waals surface area contributed by atoms with Crippen molar-refractivity contribution in [3.63, 3.8) is 0 Å². The first-order valence-corrected chi connectivity index (χ1v) is 13.1. The summed E-state index contributed by atoms with van der Waals surface area (Å²) in [4.78, 5) is 29.2. The molecule has 2 amide bonds. The standard InChI is InChI=1S/C23H24N4O4S2/c1-27(33(2,30)31)18-10-7-15(8-11-18)20-14-32-23(25-20)26-21(28)12-9-17-13-16-5-3-4-6-19(16)24-22(17)29/h3-8,10-11,14,17H,9,12-13H2,1-2H3,(H,24,29)(H,25,26,28). The fourth-order valence-corrected chi connectivity index (χ4v) is 4.87. The maximum Gasteiger partial charge on any atom is 0.231 e. The van der Waals surface area contributed by atoms with E-state index in [4.69, 9.17) is 0 Å². The molecule has 1 aromatic heterocycles. The molecule has 0 saturated carbocycles. The van der Waals surface area contributed by atoms with Crippen molar-refractivity contribution in [1.82, 2.24) is 4.98 Å². The number of hydrogen-bond acceptors (Lipinski definition) is 6. The monoisotopic (exact) mass is 484 g/mol. The fraction of sp³-hybridized carbons (Fsp3) is 0.261. The summed E-state index contributed by atoms with van der Waals surface area (Å²) in [5.41, 5.74) is 3.98. The van der Waals surface area contributed by atoms with Crippen LogP contribution in [0.1, 0.15) is 18.4 Å². The summed E-state index contributed by atoms with van der Waals surface area (Å²) >= 11 is 1.31. The lowest BCUT2D eigenvalue weighted by molar-refractivity contribution is -0.121. The second-order valence-electron chi connectivity index (χ2n) is 7.95. The van der Waals surface area contributed by atoms with Crippen molar-refractivity contribution in [3.05, 3.63) is 59.5 Å². The summed E-state index contributed by atoms with van der Waals surface area (Å²) in [5, 5.41) is 8.02. The van der Waals surface area contributed by atoms with Gasteiger partial charge in [0.2, 0.25) is 21.8 Å². The van der Waals surface area contributed by atoms with Gasteiger partial charge in [0.1, 0.15) is 0 Å². The quantitative estimate of drug-likeness (QED) is 0.531. The van der Waals surface area contributed by atoms with Crippen LogP contribution in [0.4, 0.5) is 16.5 Å². The number of anilines is 3. The van der Waals surface area contributed by atoms with Gasteiger partial charge in [0.15, 0.2) is 5.13 Å². The molecule has 1 atom stereocenters. The van der Waals surface area contributed by atoms with Crippen molar-refractivity contribution in [2.75, 3.05) is 28.2 Å². The van der Waals surface area contributed by atoms with Crippen molar-refractivity contribution in [1.29, 1.82) is 0 Å². The molecule has 0 aliphatic carbocycles. The van der Waals surface area contributed by atoms with Gasteiger partial charge in [-0.25, -0.2) is 13.4 Å². The second kappa shape index (κ2) is 9.32. The summed E-state index contributed by atoms with van der Waals surface area (Å²) < 4.78 is 24.5. The minimum Gasteiger partial charge on any atom is -0.326 e. The molecule has 1 aliphatic rings. The minimum absolute atomic E-state index is 0.0528. The molecule has 3 aromatic rings. The van der Waals surface area contributed by atoms with E-state index in [2.05, 4.69) is 15.6 Å². The van der Waals surface area contributed by atoms with E-state index >= 15 is 0 Å². The molecule has 2 heterocycles. The fourth-order valence-electron chi connectivity index (χ4n) is 3.63. The number of sulfonamides is 1. The normalized spacial score (nSPS) is 15.5. The van der Waals surface area contributed by atoms with E-state index in [9.17, 15) is 18.0 Å². The molecule has 1 aliphatic heterocycles. The molecule has 0 saturated heterocycles. The number of carbonyl (C=O) groups excluding carboxylic acids is 2. The summed E-state index contributed by atoms with van der Waals surface area (Å²) in [5.74, 6) is -0.475. The van der Waals surface area contributed by atoms with Crippen LogP contribution in [0.2, 0.25) is 0 Å². The summed E-state index contributed by atoms with van der Waals surface area (Å²) in [6.45, 7) is 0. The molecule has 0 fully saturated rings. The van der Waals surface area contributed by atoms with E-state index in [1.54, 1.807) is 24.3 Å². The van der Waals surface area contributed by atoms with Crippen LogP contribution in [0, 0.1) is 5.92 Å². The van der Waals surface area contributed by atoms with Gasteiger partial charge < -0.3 is 10.6 Å². The Morgan fingerprint density at radius 2 is 1.94 bits per heavy atom. The van der Waals surface area contributed by atoms with E-state index in [1.807, 2.05) is 29.6 Å². The number of nitrogens with zero attached hydrogens (tertiary/aromatic N) is 2. The zero-order valence-corrected chi connectivity index (χ0v) is 19.9. The molecule has 4 rings (SSSR count). The van der Waals surface area contributed by atoms with Crippen molar-refractivity contribution < 1.29 is 18.0 Å². The first-order chi connectivity index (χ1) is 15.7. The van der Waals surface area contributed by atoms with Crippen molar-refractivity contribution in [2.45, 2.75) is 19.3 Å². The largest absolute Gasteiger partial charge is 0.326 e. The summed E-state index contributed by atoms with van der Waals surface area (Å²) in [6, 6.07) is 14.7. The average molecular weight is 485 g/mol. The van der Waals surface area contributed by atoms with Crippen LogP contribution in [0.15, 0.2) is 53.9 Å². The number of amides is 2. The number of para-hydroxylation sites is 1. The lowest BCUT2D eigenvalue weighted by atomic mass is 9.89. The van der Waals surface area contributed by atoms with E-state index in [-0.39, 0.29) is 24.2 Å². The van der Waals surface area contributed by atoms with E-state index in [0.717, 1.165) is 23.1 Å². The van der Waals surface area contributed by atoms with Gasteiger partial charge in [-0.3, -0.25) is 13.9 Å². The van der Waals surface area contributed by atoms with Gasteiger partial charge in [0.25, 0.3) is 0 Å².